The van der Waals surface area contributed by atoms with Gasteiger partial charge in [-0.15, -0.1) is 0 Å². The van der Waals surface area contributed by atoms with Gasteiger partial charge < -0.3 is 5.73 Å². The normalized spacial score (nSPS) is 10.5. The molecule has 0 saturated carbocycles. The van der Waals surface area contributed by atoms with E-state index < -0.39 is 0 Å². The molecule has 0 spiro atoms. The Morgan fingerprint density at radius 2 is 2.29 bits per heavy atom. The molecular weight excluding hydrogens is 282 g/mol. The second-order valence-corrected chi connectivity index (χ2v) is 4.77. The number of aryl methyl sites for hydroxylation is 1. The van der Waals surface area contributed by atoms with Crippen LogP contribution in [0.2, 0.25) is 0 Å². The summed E-state index contributed by atoms with van der Waals surface area (Å²) in [6, 6.07) is 5.28. The SMILES string of the molecule is Cn1cc(CC(=O)c2cc(Br)ccc2N)cn1. The van der Waals surface area contributed by atoms with Crippen molar-refractivity contribution in [2.75, 3.05) is 5.73 Å². The molecule has 0 amide bonds. The van der Waals surface area contributed by atoms with Crippen LogP contribution in [0.25, 0.3) is 0 Å². The Morgan fingerprint density at radius 1 is 1.53 bits per heavy atom. The van der Waals surface area contributed by atoms with Crippen molar-refractivity contribution in [2.45, 2.75) is 6.42 Å². The van der Waals surface area contributed by atoms with Crippen molar-refractivity contribution in [1.82, 2.24) is 9.78 Å². The van der Waals surface area contributed by atoms with Crippen LogP contribution >= 0.6 is 15.9 Å². The van der Waals surface area contributed by atoms with Gasteiger partial charge in [-0.3, -0.25) is 9.48 Å². The third-order valence-corrected chi connectivity index (χ3v) is 2.93. The molecule has 17 heavy (non-hydrogen) atoms. The summed E-state index contributed by atoms with van der Waals surface area (Å²) in [6.07, 6.45) is 3.83. The standard InChI is InChI=1S/C12H12BrN3O/c1-16-7-8(6-15-16)4-12(17)10-5-9(13)2-3-11(10)14/h2-3,5-7H,4,14H2,1H3. The van der Waals surface area contributed by atoms with Crippen molar-refractivity contribution in [1.29, 1.82) is 0 Å². The highest BCUT2D eigenvalue weighted by Gasteiger charge is 2.11. The van der Waals surface area contributed by atoms with Gasteiger partial charge in [-0.05, 0) is 23.8 Å². The Kier molecular flexibility index (Phi) is 3.28. The minimum Gasteiger partial charge on any atom is -0.398 e. The van der Waals surface area contributed by atoms with E-state index in [9.17, 15) is 4.79 Å². The fourth-order valence-corrected chi connectivity index (χ4v) is 1.97. The number of halogens is 1. The average molecular weight is 294 g/mol. The van der Waals surface area contributed by atoms with E-state index >= 15 is 0 Å². The Morgan fingerprint density at radius 3 is 2.94 bits per heavy atom. The second kappa shape index (κ2) is 4.71. The number of carbonyl (C=O) groups excluding carboxylic acids is 1. The van der Waals surface area contributed by atoms with Crippen molar-refractivity contribution < 1.29 is 4.79 Å². The molecule has 0 bridgehead atoms. The smallest absolute Gasteiger partial charge is 0.169 e. The van der Waals surface area contributed by atoms with Crippen LogP contribution in [0.3, 0.4) is 0 Å². The minimum atomic E-state index is -0.00296. The van der Waals surface area contributed by atoms with E-state index in [2.05, 4.69) is 21.0 Å². The molecule has 2 aromatic rings. The molecule has 2 N–H and O–H groups in total. The highest BCUT2D eigenvalue weighted by atomic mass is 79.9. The minimum absolute atomic E-state index is 0.00296. The van der Waals surface area contributed by atoms with Gasteiger partial charge in [-0.25, -0.2) is 0 Å². The van der Waals surface area contributed by atoms with Gasteiger partial charge in [0.2, 0.25) is 0 Å². The number of rotatable bonds is 3. The van der Waals surface area contributed by atoms with Crippen LogP contribution in [-0.4, -0.2) is 15.6 Å². The predicted molar refractivity (Wildman–Crippen MR) is 69.8 cm³/mol. The molecule has 0 radical (unpaired) electrons. The molecule has 1 heterocycles. The van der Waals surface area contributed by atoms with E-state index in [1.165, 1.54) is 0 Å². The molecule has 1 aromatic carbocycles. The van der Waals surface area contributed by atoms with Gasteiger partial charge in [-0.1, -0.05) is 15.9 Å². The van der Waals surface area contributed by atoms with E-state index in [1.807, 2.05) is 19.3 Å². The summed E-state index contributed by atoms with van der Waals surface area (Å²) in [5.41, 5.74) is 7.72. The van der Waals surface area contributed by atoms with Gasteiger partial charge in [0.1, 0.15) is 0 Å². The lowest BCUT2D eigenvalue weighted by atomic mass is 10.0. The average Bonchev–Trinajstić information content (AvgIpc) is 2.67. The van der Waals surface area contributed by atoms with Gasteiger partial charge in [-0.2, -0.15) is 5.10 Å². The maximum Gasteiger partial charge on any atom is 0.169 e. The van der Waals surface area contributed by atoms with E-state index in [0.717, 1.165) is 10.0 Å². The number of benzene rings is 1. The first-order valence-electron chi connectivity index (χ1n) is 5.12. The van der Waals surface area contributed by atoms with Crippen LogP contribution in [0.5, 0.6) is 0 Å². The maximum absolute atomic E-state index is 12.1. The number of nitrogens with two attached hydrogens (primary N) is 1. The van der Waals surface area contributed by atoms with Crippen LogP contribution < -0.4 is 5.73 Å². The molecule has 0 unspecified atom stereocenters. The van der Waals surface area contributed by atoms with Gasteiger partial charge >= 0.3 is 0 Å². The first-order valence-corrected chi connectivity index (χ1v) is 5.91. The summed E-state index contributed by atoms with van der Waals surface area (Å²) in [4.78, 5) is 12.1. The van der Waals surface area contributed by atoms with Crippen molar-refractivity contribution >= 4 is 27.4 Å². The molecule has 1 aromatic heterocycles. The fraction of sp³-hybridized carbons (Fsp3) is 0.167. The Labute approximate surface area is 108 Å². The monoisotopic (exact) mass is 293 g/mol. The number of hydrogen-bond donors (Lipinski definition) is 1. The zero-order valence-corrected chi connectivity index (χ0v) is 10.9. The number of carbonyl (C=O) groups is 1. The summed E-state index contributed by atoms with van der Waals surface area (Å²) in [7, 11) is 1.82. The zero-order chi connectivity index (χ0) is 12.4. The summed E-state index contributed by atoms with van der Waals surface area (Å²) in [5, 5.41) is 4.03. The maximum atomic E-state index is 12.1. The van der Waals surface area contributed by atoms with Crippen LogP contribution in [0.15, 0.2) is 35.1 Å². The summed E-state index contributed by atoms with van der Waals surface area (Å²) in [5.74, 6) is -0.00296. The number of ketones is 1. The fourth-order valence-electron chi connectivity index (χ4n) is 1.61. The lowest BCUT2D eigenvalue weighted by molar-refractivity contribution is 0.0994. The largest absolute Gasteiger partial charge is 0.398 e. The number of hydrogen-bond acceptors (Lipinski definition) is 3. The summed E-state index contributed by atoms with van der Waals surface area (Å²) >= 11 is 3.33. The number of anilines is 1. The van der Waals surface area contributed by atoms with Crippen LogP contribution in [-0.2, 0) is 13.5 Å². The number of nitrogens with zero attached hydrogens (tertiary/aromatic N) is 2. The first-order chi connectivity index (χ1) is 8.06. The number of nitrogen functional groups attached to an aromatic ring is 1. The third kappa shape index (κ3) is 2.74. The quantitative estimate of drug-likeness (QED) is 0.697. The molecule has 0 aliphatic rings. The molecule has 0 aliphatic carbocycles. The van der Waals surface area contributed by atoms with Crippen molar-refractivity contribution in [3.63, 3.8) is 0 Å². The van der Waals surface area contributed by atoms with Crippen LogP contribution in [0.1, 0.15) is 15.9 Å². The summed E-state index contributed by atoms with van der Waals surface area (Å²) < 4.78 is 2.52. The number of aromatic nitrogens is 2. The highest BCUT2D eigenvalue weighted by Crippen LogP contribution is 2.20. The number of Topliss-reactive ketones (excluding diaryl/α,β-unsaturated/α-hetero) is 1. The molecule has 0 saturated heterocycles. The molecule has 4 nitrogen and oxygen atoms in total. The first kappa shape index (κ1) is 11.9. The van der Waals surface area contributed by atoms with Gasteiger partial charge in [0.25, 0.3) is 0 Å². The topological polar surface area (TPSA) is 60.9 Å². The van der Waals surface area contributed by atoms with Crippen molar-refractivity contribution in [3.8, 4) is 0 Å². The van der Waals surface area contributed by atoms with Gasteiger partial charge in [0, 0.05) is 35.4 Å². The van der Waals surface area contributed by atoms with Crippen LogP contribution in [0.4, 0.5) is 5.69 Å². The predicted octanol–water partition coefficient (Wildman–Crippen LogP) is 2.19. The second-order valence-electron chi connectivity index (χ2n) is 3.85. The van der Waals surface area contributed by atoms with E-state index in [4.69, 9.17) is 5.73 Å². The van der Waals surface area contributed by atoms with Gasteiger partial charge in [0.15, 0.2) is 5.78 Å². The molecule has 5 heteroatoms. The zero-order valence-electron chi connectivity index (χ0n) is 9.35. The molecule has 0 atom stereocenters. The molecule has 0 fully saturated rings. The molecule has 2 rings (SSSR count). The van der Waals surface area contributed by atoms with E-state index in [0.29, 0.717) is 17.7 Å². The van der Waals surface area contributed by atoms with Crippen molar-refractivity contribution in [3.05, 3.63) is 46.2 Å². The Balaban J connectivity index is 2.22. The van der Waals surface area contributed by atoms with E-state index in [-0.39, 0.29) is 5.78 Å². The third-order valence-electron chi connectivity index (χ3n) is 2.44. The molecule has 88 valence electrons. The molecular formula is C12H12BrN3O. The van der Waals surface area contributed by atoms with Crippen LogP contribution in [0, 0.1) is 0 Å². The molecule has 0 aliphatic heterocycles. The van der Waals surface area contributed by atoms with Crippen molar-refractivity contribution in [2.24, 2.45) is 7.05 Å². The Bertz CT molecular complexity index is 563. The van der Waals surface area contributed by atoms with Gasteiger partial charge in [0.05, 0.1) is 6.20 Å². The van der Waals surface area contributed by atoms with E-state index in [1.54, 1.807) is 23.0 Å². The Hall–Kier alpha value is -1.62. The lowest BCUT2D eigenvalue weighted by Crippen LogP contribution is -2.06. The highest BCUT2D eigenvalue weighted by molar-refractivity contribution is 9.10. The summed E-state index contributed by atoms with van der Waals surface area (Å²) in [6.45, 7) is 0. The lowest BCUT2D eigenvalue weighted by Gasteiger charge is -2.04.